The van der Waals surface area contributed by atoms with E-state index in [1.165, 1.54) is 4.52 Å². The van der Waals surface area contributed by atoms with E-state index in [9.17, 15) is 9.90 Å². The van der Waals surface area contributed by atoms with Crippen molar-refractivity contribution >= 4 is 16.4 Å². The number of hydrogen-bond acceptors (Lipinski definition) is 3. The molecule has 0 bridgehead atoms. The molecule has 1 atom stereocenters. The summed E-state index contributed by atoms with van der Waals surface area (Å²) in [5.41, 5.74) is 2.01. The molecule has 18 heavy (non-hydrogen) atoms. The molecule has 2 heterocycles. The Kier molecular flexibility index (Phi) is 2.41. The third-order valence-corrected chi connectivity index (χ3v) is 2.90. The van der Waals surface area contributed by atoms with Gasteiger partial charge >= 0.3 is 5.69 Å². The van der Waals surface area contributed by atoms with Gasteiger partial charge in [0.2, 0.25) is 0 Å². The number of hydrogen-bond donors (Lipinski definition) is 2. The molecule has 1 unspecified atom stereocenters. The van der Waals surface area contributed by atoms with Crippen LogP contribution in [0.3, 0.4) is 0 Å². The molecule has 0 aliphatic carbocycles. The smallest absolute Gasteiger partial charge is 0.347 e. The van der Waals surface area contributed by atoms with Gasteiger partial charge in [0.1, 0.15) is 0 Å². The summed E-state index contributed by atoms with van der Waals surface area (Å²) in [5.74, 6) is 0. The number of aromatic amines is 1. The van der Waals surface area contributed by atoms with E-state index in [1.54, 1.807) is 6.92 Å². The number of nitrogens with one attached hydrogen (secondary N) is 1. The molecule has 0 aliphatic heterocycles. The molecular formula is C13H13N3O2. The monoisotopic (exact) mass is 243 g/mol. The van der Waals surface area contributed by atoms with Crippen LogP contribution in [-0.2, 0) is 6.42 Å². The summed E-state index contributed by atoms with van der Waals surface area (Å²) in [4.78, 5) is 14.7. The highest BCUT2D eigenvalue weighted by atomic mass is 16.3. The van der Waals surface area contributed by atoms with Crippen LogP contribution in [0.5, 0.6) is 0 Å². The zero-order chi connectivity index (χ0) is 12.7. The molecule has 92 valence electrons. The Balaban J connectivity index is 2.34. The zero-order valence-corrected chi connectivity index (χ0v) is 9.92. The van der Waals surface area contributed by atoms with Gasteiger partial charge in [-0.15, -0.1) is 0 Å². The first-order chi connectivity index (χ1) is 8.65. The third-order valence-electron chi connectivity index (χ3n) is 2.90. The van der Waals surface area contributed by atoms with Crippen molar-refractivity contribution < 1.29 is 5.11 Å². The second kappa shape index (κ2) is 3.96. The number of aliphatic hydroxyl groups excluding tert-OH is 1. The van der Waals surface area contributed by atoms with E-state index in [1.807, 2.05) is 30.3 Å². The standard InChI is InChI=1S/C13H13N3O2/c1-8(17)6-9-7-12-10-4-2-3-5-11(10)14-13(18)16(12)15-9/h2-5,7-8,17H,6H2,1H3,(H,14,18). The number of para-hydroxylation sites is 1. The van der Waals surface area contributed by atoms with Crippen molar-refractivity contribution in [3.05, 3.63) is 46.5 Å². The predicted octanol–water partition coefficient (Wildman–Crippen LogP) is 1.10. The first-order valence-corrected chi connectivity index (χ1v) is 5.83. The molecule has 0 spiro atoms. The summed E-state index contributed by atoms with van der Waals surface area (Å²) in [6.45, 7) is 1.70. The Labute approximate surface area is 103 Å². The maximum Gasteiger partial charge on any atom is 0.347 e. The molecule has 0 aliphatic rings. The lowest BCUT2D eigenvalue weighted by atomic mass is 10.2. The van der Waals surface area contributed by atoms with Crippen LogP contribution in [0.15, 0.2) is 35.1 Å². The van der Waals surface area contributed by atoms with Crippen LogP contribution in [0.4, 0.5) is 0 Å². The van der Waals surface area contributed by atoms with Crippen molar-refractivity contribution in [2.75, 3.05) is 0 Å². The van der Waals surface area contributed by atoms with Crippen LogP contribution in [0.2, 0.25) is 0 Å². The van der Waals surface area contributed by atoms with Crippen molar-refractivity contribution in [2.45, 2.75) is 19.4 Å². The molecule has 0 fully saturated rings. The second-order valence-electron chi connectivity index (χ2n) is 4.46. The predicted molar refractivity (Wildman–Crippen MR) is 68.7 cm³/mol. The maximum atomic E-state index is 11.9. The van der Waals surface area contributed by atoms with Gasteiger partial charge < -0.3 is 10.1 Å². The number of H-pyrrole nitrogens is 1. The molecule has 3 aromatic rings. The highest BCUT2D eigenvalue weighted by Gasteiger charge is 2.10. The Hall–Kier alpha value is -2.14. The van der Waals surface area contributed by atoms with Gasteiger partial charge in [0.25, 0.3) is 0 Å². The van der Waals surface area contributed by atoms with Gasteiger partial charge in [0, 0.05) is 11.8 Å². The fourth-order valence-corrected chi connectivity index (χ4v) is 2.16. The molecule has 3 rings (SSSR count). The quantitative estimate of drug-likeness (QED) is 0.708. The van der Waals surface area contributed by atoms with Crippen LogP contribution in [-0.4, -0.2) is 25.8 Å². The number of aliphatic hydroxyl groups is 1. The highest BCUT2D eigenvalue weighted by molar-refractivity contribution is 5.93. The lowest BCUT2D eigenvalue weighted by Gasteiger charge is -1.98. The summed E-state index contributed by atoms with van der Waals surface area (Å²) >= 11 is 0. The molecule has 2 N–H and O–H groups in total. The van der Waals surface area contributed by atoms with Crippen molar-refractivity contribution in [2.24, 2.45) is 0 Å². The molecule has 0 saturated carbocycles. The largest absolute Gasteiger partial charge is 0.393 e. The summed E-state index contributed by atoms with van der Waals surface area (Å²) in [6, 6.07) is 9.45. The molecule has 5 nitrogen and oxygen atoms in total. The van der Waals surface area contributed by atoms with E-state index in [0.29, 0.717) is 12.1 Å². The van der Waals surface area contributed by atoms with Crippen LogP contribution < -0.4 is 5.69 Å². The van der Waals surface area contributed by atoms with E-state index in [-0.39, 0.29) is 5.69 Å². The maximum absolute atomic E-state index is 11.9. The SMILES string of the molecule is CC(O)Cc1cc2c3ccccc3[nH]c(=O)n2n1. The van der Waals surface area contributed by atoms with Gasteiger partial charge in [0.05, 0.1) is 22.8 Å². The molecule has 1 aromatic carbocycles. The molecule has 0 amide bonds. The van der Waals surface area contributed by atoms with Crippen LogP contribution in [0, 0.1) is 0 Å². The Bertz CT molecular complexity index is 771. The Morgan fingerprint density at radius 2 is 2.22 bits per heavy atom. The average molecular weight is 243 g/mol. The lowest BCUT2D eigenvalue weighted by Crippen LogP contribution is -2.17. The van der Waals surface area contributed by atoms with Crippen LogP contribution >= 0.6 is 0 Å². The van der Waals surface area contributed by atoms with Crippen molar-refractivity contribution in [1.82, 2.24) is 14.6 Å². The summed E-state index contributed by atoms with van der Waals surface area (Å²) in [5, 5.41) is 14.5. The van der Waals surface area contributed by atoms with E-state index in [0.717, 1.165) is 16.4 Å². The fourth-order valence-electron chi connectivity index (χ4n) is 2.16. The van der Waals surface area contributed by atoms with E-state index < -0.39 is 6.10 Å². The van der Waals surface area contributed by atoms with Crippen molar-refractivity contribution in [1.29, 1.82) is 0 Å². The Morgan fingerprint density at radius 1 is 1.44 bits per heavy atom. The van der Waals surface area contributed by atoms with Gasteiger partial charge in [0.15, 0.2) is 0 Å². The summed E-state index contributed by atoms with van der Waals surface area (Å²) in [7, 11) is 0. The molecule has 0 radical (unpaired) electrons. The van der Waals surface area contributed by atoms with E-state index in [4.69, 9.17) is 0 Å². The first kappa shape index (κ1) is 11.0. The zero-order valence-electron chi connectivity index (χ0n) is 9.92. The minimum Gasteiger partial charge on any atom is -0.393 e. The summed E-state index contributed by atoms with van der Waals surface area (Å²) < 4.78 is 1.35. The van der Waals surface area contributed by atoms with Gasteiger partial charge in [-0.05, 0) is 19.1 Å². The van der Waals surface area contributed by atoms with Gasteiger partial charge in [-0.2, -0.15) is 9.61 Å². The molecule has 0 saturated heterocycles. The minimum atomic E-state index is -0.472. The van der Waals surface area contributed by atoms with Crippen LogP contribution in [0.25, 0.3) is 16.4 Å². The van der Waals surface area contributed by atoms with Gasteiger partial charge in [-0.25, -0.2) is 4.79 Å². The Morgan fingerprint density at radius 3 is 3.00 bits per heavy atom. The summed E-state index contributed by atoms with van der Waals surface area (Å²) in [6.07, 6.45) is -0.0321. The molecule has 2 aromatic heterocycles. The molecule has 5 heteroatoms. The van der Waals surface area contributed by atoms with Crippen molar-refractivity contribution in [3.8, 4) is 0 Å². The normalized spacial score (nSPS) is 13.2. The van der Waals surface area contributed by atoms with E-state index >= 15 is 0 Å². The number of fused-ring (bicyclic) bond motifs is 3. The lowest BCUT2D eigenvalue weighted by molar-refractivity contribution is 0.194. The van der Waals surface area contributed by atoms with Gasteiger partial charge in [-0.1, -0.05) is 18.2 Å². The minimum absolute atomic E-state index is 0.263. The van der Waals surface area contributed by atoms with Gasteiger partial charge in [-0.3, -0.25) is 0 Å². The van der Waals surface area contributed by atoms with E-state index in [2.05, 4.69) is 10.1 Å². The third kappa shape index (κ3) is 1.69. The number of benzene rings is 1. The first-order valence-electron chi connectivity index (χ1n) is 5.83. The molecular weight excluding hydrogens is 230 g/mol. The number of nitrogens with zero attached hydrogens (tertiary/aromatic N) is 2. The topological polar surface area (TPSA) is 70.4 Å². The highest BCUT2D eigenvalue weighted by Crippen LogP contribution is 2.17. The number of rotatable bonds is 2. The number of aromatic nitrogens is 3. The fraction of sp³-hybridized carbons (Fsp3) is 0.231. The average Bonchev–Trinajstić information content (AvgIpc) is 2.73. The second-order valence-corrected chi connectivity index (χ2v) is 4.46. The van der Waals surface area contributed by atoms with Crippen LogP contribution in [0.1, 0.15) is 12.6 Å². The van der Waals surface area contributed by atoms with Crippen molar-refractivity contribution in [3.63, 3.8) is 0 Å².